The summed E-state index contributed by atoms with van der Waals surface area (Å²) < 4.78 is 0.750. The van der Waals surface area contributed by atoms with Crippen molar-refractivity contribution in [2.45, 2.75) is 19.1 Å². The van der Waals surface area contributed by atoms with Crippen molar-refractivity contribution in [2.24, 2.45) is 0 Å². The van der Waals surface area contributed by atoms with E-state index < -0.39 is 0 Å². The predicted octanol–water partition coefficient (Wildman–Crippen LogP) is 4.71. The van der Waals surface area contributed by atoms with Crippen LogP contribution >= 0.6 is 24.0 Å². The Labute approximate surface area is 147 Å². The first-order chi connectivity index (χ1) is 11.2. The van der Waals surface area contributed by atoms with Crippen LogP contribution in [0.25, 0.3) is 0 Å². The van der Waals surface area contributed by atoms with E-state index in [0.29, 0.717) is 13.1 Å². The molecule has 0 aliphatic heterocycles. The molecular weight excluding hydrogens is 322 g/mol. The number of likely N-dealkylation sites (N-methyl/N-ethyl adjacent to an activating group) is 1. The van der Waals surface area contributed by atoms with Crippen LogP contribution in [0.5, 0.6) is 0 Å². The van der Waals surface area contributed by atoms with Gasteiger partial charge in [0.25, 0.3) is 0 Å². The van der Waals surface area contributed by atoms with Gasteiger partial charge in [0, 0.05) is 13.1 Å². The topological polar surface area (TPSA) is 20.3 Å². The third-order valence-electron chi connectivity index (χ3n) is 3.64. The average Bonchev–Trinajstić information content (AvgIpc) is 2.62. The van der Waals surface area contributed by atoms with Crippen molar-refractivity contribution in [3.8, 4) is 0 Å². The maximum Gasteiger partial charge on any atom is 0.240 e. The molecule has 1 unspecified atom stereocenters. The number of hydrogen-bond donors (Lipinski definition) is 0. The molecule has 0 bridgehead atoms. The summed E-state index contributed by atoms with van der Waals surface area (Å²) in [6, 6.07) is 19.7. The quantitative estimate of drug-likeness (QED) is 0.709. The van der Waals surface area contributed by atoms with Crippen molar-refractivity contribution in [3.05, 3.63) is 71.8 Å². The molecule has 23 heavy (non-hydrogen) atoms. The molecule has 0 spiro atoms. The predicted molar refractivity (Wildman–Crippen MR) is 103 cm³/mol. The fraction of sp³-hybridized carbons (Fsp3) is 0.263. The molecule has 0 saturated carbocycles. The van der Waals surface area contributed by atoms with Crippen LogP contribution in [-0.2, 0) is 4.79 Å². The van der Waals surface area contributed by atoms with E-state index in [4.69, 9.17) is 12.2 Å². The van der Waals surface area contributed by atoms with Crippen LogP contribution in [0, 0.1) is 0 Å². The smallest absolute Gasteiger partial charge is 0.240 e. The van der Waals surface area contributed by atoms with Gasteiger partial charge in [0.05, 0.1) is 4.20 Å². The van der Waals surface area contributed by atoms with E-state index >= 15 is 0 Å². The minimum Gasteiger partial charge on any atom is -0.342 e. The van der Waals surface area contributed by atoms with Crippen molar-refractivity contribution in [3.63, 3.8) is 0 Å². The van der Waals surface area contributed by atoms with Crippen LogP contribution in [0.15, 0.2) is 60.7 Å². The minimum absolute atomic E-state index is 0.115. The molecule has 2 rings (SSSR count). The van der Waals surface area contributed by atoms with Crippen molar-refractivity contribution in [1.82, 2.24) is 4.90 Å². The van der Waals surface area contributed by atoms with Crippen molar-refractivity contribution < 1.29 is 4.79 Å². The van der Waals surface area contributed by atoms with Crippen LogP contribution in [0.1, 0.15) is 30.2 Å². The highest BCUT2D eigenvalue weighted by Crippen LogP contribution is 2.34. The van der Waals surface area contributed by atoms with Gasteiger partial charge in [0.1, 0.15) is 5.25 Å². The zero-order valence-corrected chi connectivity index (χ0v) is 15.1. The second-order valence-electron chi connectivity index (χ2n) is 5.07. The van der Waals surface area contributed by atoms with Gasteiger partial charge in [-0.3, -0.25) is 4.79 Å². The first-order valence-electron chi connectivity index (χ1n) is 7.77. The second-order valence-corrected chi connectivity index (χ2v) is 6.85. The monoisotopic (exact) mass is 343 g/mol. The van der Waals surface area contributed by atoms with Gasteiger partial charge in [-0.05, 0) is 25.0 Å². The van der Waals surface area contributed by atoms with Crippen LogP contribution < -0.4 is 0 Å². The number of carbonyl (C=O) groups is 1. The summed E-state index contributed by atoms with van der Waals surface area (Å²) in [6.45, 7) is 5.42. The molecule has 0 aromatic heterocycles. The van der Waals surface area contributed by atoms with E-state index in [9.17, 15) is 4.79 Å². The minimum atomic E-state index is -0.302. The summed E-state index contributed by atoms with van der Waals surface area (Å²) in [5.74, 6) is 0.115. The number of carbonyl (C=O) groups excluding carboxylic acids is 1. The molecule has 0 aliphatic carbocycles. The van der Waals surface area contributed by atoms with Crippen LogP contribution in [-0.4, -0.2) is 28.1 Å². The van der Waals surface area contributed by atoms with Gasteiger partial charge >= 0.3 is 0 Å². The van der Waals surface area contributed by atoms with E-state index in [-0.39, 0.29) is 11.2 Å². The number of thiocarbonyl (C=S) groups is 1. The molecule has 0 saturated heterocycles. The van der Waals surface area contributed by atoms with Gasteiger partial charge in [0.15, 0.2) is 0 Å². The van der Waals surface area contributed by atoms with E-state index in [1.165, 1.54) is 11.8 Å². The van der Waals surface area contributed by atoms with E-state index in [1.807, 2.05) is 79.4 Å². The second kappa shape index (κ2) is 8.85. The van der Waals surface area contributed by atoms with E-state index in [0.717, 1.165) is 15.3 Å². The zero-order valence-electron chi connectivity index (χ0n) is 13.4. The summed E-state index contributed by atoms with van der Waals surface area (Å²) in [6.07, 6.45) is 0. The Kier molecular flexibility index (Phi) is 6.81. The van der Waals surface area contributed by atoms with Gasteiger partial charge in [-0.2, -0.15) is 0 Å². The Morgan fingerprint density at radius 3 is 2.04 bits per heavy atom. The molecular formula is C19H21NOS2. The summed E-state index contributed by atoms with van der Waals surface area (Å²) in [7, 11) is 0. The summed E-state index contributed by atoms with van der Waals surface area (Å²) in [4.78, 5) is 14.8. The molecule has 1 amide bonds. The number of thioether (sulfide) groups is 1. The maximum absolute atomic E-state index is 12.9. The SMILES string of the molecule is CCN(CC)C(=O)C(SC(=S)c1ccccc1)c1ccccc1. The normalized spacial score (nSPS) is 11.7. The fourth-order valence-electron chi connectivity index (χ4n) is 2.34. The highest BCUT2D eigenvalue weighted by atomic mass is 32.2. The van der Waals surface area contributed by atoms with Crippen LogP contribution in [0.3, 0.4) is 0 Å². The van der Waals surface area contributed by atoms with E-state index in [2.05, 4.69) is 0 Å². The lowest BCUT2D eigenvalue weighted by molar-refractivity contribution is -0.130. The van der Waals surface area contributed by atoms with Crippen LogP contribution in [0.2, 0.25) is 0 Å². The van der Waals surface area contributed by atoms with Crippen molar-refractivity contribution >= 4 is 34.1 Å². The first kappa shape index (κ1) is 17.7. The fourth-order valence-corrected chi connectivity index (χ4v) is 3.79. The lowest BCUT2D eigenvalue weighted by Gasteiger charge is -2.25. The van der Waals surface area contributed by atoms with Crippen LogP contribution in [0.4, 0.5) is 0 Å². The number of amides is 1. The standard InChI is InChI=1S/C19H21NOS2/c1-3-20(4-2)18(21)17(15-11-7-5-8-12-15)23-19(22)16-13-9-6-10-14-16/h5-14,17H,3-4H2,1-2H3. The Bertz CT molecular complexity index is 639. The molecule has 0 N–H and O–H groups in total. The largest absolute Gasteiger partial charge is 0.342 e. The average molecular weight is 344 g/mol. The number of rotatable bonds is 6. The molecule has 1 atom stereocenters. The molecule has 0 fully saturated rings. The molecule has 2 aromatic carbocycles. The lowest BCUT2D eigenvalue weighted by atomic mass is 10.1. The Morgan fingerprint density at radius 1 is 1.00 bits per heavy atom. The molecule has 2 aromatic rings. The summed E-state index contributed by atoms with van der Waals surface area (Å²) in [5.41, 5.74) is 1.98. The molecule has 0 heterocycles. The summed E-state index contributed by atoms with van der Waals surface area (Å²) >= 11 is 7.03. The van der Waals surface area contributed by atoms with Gasteiger partial charge in [-0.15, -0.1) is 0 Å². The molecule has 0 aliphatic rings. The highest BCUT2D eigenvalue weighted by Gasteiger charge is 2.26. The first-order valence-corrected chi connectivity index (χ1v) is 9.05. The third kappa shape index (κ3) is 4.66. The van der Waals surface area contributed by atoms with Gasteiger partial charge in [-0.25, -0.2) is 0 Å². The van der Waals surface area contributed by atoms with E-state index in [1.54, 1.807) is 0 Å². The Morgan fingerprint density at radius 2 is 1.52 bits per heavy atom. The van der Waals surface area contributed by atoms with Gasteiger partial charge in [0.2, 0.25) is 5.91 Å². The zero-order chi connectivity index (χ0) is 16.7. The lowest BCUT2D eigenvalue weighted by Crippen LogP contribution is -2.34. The number of benzene rings is 2. The van der Waals surface area contributed by atoms with Crippen molar-refractivity contribution in [1.29, 1.82) is 0 Å². The Balaban J connectivity index is 2.27. The van der Waals surface area contributed by atoms with Crippen molar-refractivity contribution in [2.75, 3.05) is 13.1 Å². The summed E-state index contributed by atoms with van der Waals surface area (Å²) in [5, 5.41) is -0.302. The molecule has 120 valence electrons. The molecule has 2 nitrogen and oxygen atoms in total. The number of nitrogens with zero attached hydrogens (tertiary/aromatic N) is 1. The molecule has 0 radical (unpaired) electrons. The number of hydrogen-bond acceptors (Lipinski definition) is 3. The van der Waals surface area contributed by atoms with Gasteiger partial charge < -0.3 is 4.90 Å². The Hall–Kier alpha value is -1.65. The third-order valence-corrected chi connectivity index (χ3v) is 5.32. The molecule has 4 heteroatoms. The highest BCUT2D eigenvalue weighted by molar-refractivity contribution is 8.24. The maximum atomic E-state index is 12.9. The van der Waals surface area contributed by atoms with Gasteiger partial charge in [-0.1, -0.05) is 84.6 Å².